The first-order chi connectivity index (χ1) is 8.93. The third-order valence-corrected chi connectivity index (χ3v) is 2.27. The number of benzene rings is 1. The first kappa shape index (κ1) is 14.5. The highest BCUT2D eigenvalue weighted by Gasteiger charge is 2.19. The van der Waals surface area contributed by atoms with Gasteiger partial charge in [0.1, 0.15) is 11.8 Å². The van der Waals surface area contributed by atoms with Crippen LogP contribution in [0.1, 0.15) is 6.92 Å². The Kier molecular flexibility index (Phi) is 4.87. The highest BCUT2D eigenvalue weighted by Crippen LogP contribution is 2.14. The molecule has 0 saturated carbocycles. The molecule has 7 heteroatoms. The number of rotatable bonds is 4. The Morgan fingerprint density at radius 2 is 1.74 bits per heavy atom. The van der Waals surface area contributed by atoms with Crippen molar-refractivity contribution in [3.8, 4) is 5.75 Å². The van der Waals surface area contributed by atoms with Crippen LogP contribution in [0.2, 0.25) is 0 Å². The Hall–Kier alpha value is -2.57. The molecule has 0 saturated heterocycles. The number of amides is 2. The summed E-state index contributed by atoms with van der Waals surface area (Å²) in [5, 5.41) is 13.0. The topological polar surface area (TPSA) is 105 Å². The minimum absolute atomic E-state index is 0.406. The largest absolute Gasteiger partial charge is 0.497 e. The Balaban J connectivity index is 2.58. The smallest absolute Gasteiger partial charge is 0.325 e. The van der Waals surface area contributed by atoms with Gasteiger partial charge in [0.25, 0.3) is 0 Å². The number of hydrogen-bond acceptors (Lipinski definition) is 4. The summed E-state index contributed by atoms with van der Waals surface area (Å²) < 4.78 is 4.94. The highest BCUT2D eigenvalue weighted by atomic mass is 16.5. The van der Waals surface area contributed by atoms with Gasteiger partial charge in [-0.25, -0.2) is 0 Å². The van der Waals surface area contributed by atoms with Gasteiger partial charge in [0.05, 0.1) is 7.11 Å². The van der Waals surface area contributed by atoms with Gasteiger partial charge in [-0.05, 0) is 31.2 Å². The van der Waals surface area contributed by atoms with Gasteiger partial charge in [-0.1, -0.05) is 0 Å². The Morgan fingerprint density at radius 1 is 1.16 bits per heavy atom. The van der Waals surface area contributed by atoms with Crippen LogP contribution in [0, 0.1) is 0 Å². The molecule has 1 rings (SSSR count). The van der Waals surface area contributed by atoms with Gasteiger partial charge in [-0.3, -0.25) is 14.4 Å². The number of aliphatic carboxylic acids is 1. The van der Waals surface area contributed by atoms with E-state index >= 15 is 0 Å². The fourth-order valence-corrected chi connectivity index (χ4v) is 1.19. The van der Waals surface area contributed by atoms with Crippen molar-refractivity contribution in [2.75, 3.05) is 12.4 Å². The predicted molar refractivity (Wildman–Crippen MR) is 66.9 cm³/mol. The number of hydrogen-bond donors (Lipinski definition) is 3. The maximum absolute atomic E-state index is 11.5. The standard InChI is InChI=1S/C12H14N2O5/c1-7(12(17)18)13-10(15)11(16)14-8-3-5-9(19-2)6-4-8/h3-7H,1-2H3,(H,13,15)(H,14,16)(H,17,18)/t7-/m1/s1. The average molecular weight is 266 g/mol. The molecule has 0 aliphatic carbocycles. The monoisotopic (exact) mass is 266 g/mol. The van der Waals surface area contributed by atoms with E-state index in [1.807, 2.05) is 5.32 Å². The van der Waals surface area contributed by atoms with E-state index in [9.17, 15) is 14.4 Å². The van der Waals surface area contributed by atoms with E-state index in [0.29, 0.717) is 11.4 Å². The molecule has 0 spiro atoms. The molecule has 2 amide bonds. The number of carboxylic acid groups (broad SMARTS) is 1. The zero-order chi connectivity index (χ0) is 14.4. The second-order valence-electron chi connectivity index (χ2n) is 3.72. The fraction of sp³-hybridized carbons (Fsp3) is 0.250. The fourth-order valence-electron chi connectivity index (χ4n) is 1.19. The van der Waals surface area contributed by atoms with Crippen LogP contribution in [-0.2, 0) is 14.4 Å². The molecule has 3 N–H and O–H groups in total. The van der Waals surface area contributed by atoms with Crippen molar-refractivity contribution in [2.45, 2.75) is 13.0 Å². The van der Waals surface area contributed by atoms with Crippen LogP contribution in [-0.4, -0.2) is 36.0 Å². The van der Waals surface area contributed by atoms with E-state index in [1.54, 1.807) is 24.3 Å². The maximum Gasteiger partial charge on any atom is 0.325 e. The van der Waals surface area contributed by atoms with Gasteiger partial charge in [-0.2, -0.15) is 0 Å². The van der Waals surface area contributed by atoms with Crippen LogP contribution >= 0.6 is 0 Å². The number of carboxylic acids is 1. The van der Waals surface area contributed by atoms with E-state index in [0.717, 1.165) is 0 Å². The van der Waals surface area contributed by atoms with Gasteiger partial charge in [0.2, 0.25) is 0 Å². The van der Waals surface area contributed by atoms with Gasteiger partial charge >= 0.3 is 17.8 Å². The number of ether oxygens (including phenoxy) is 1. The number of carbonyl (C=O) groups is 3. The van der Waals surface area contributed by atoms with Gasteiger partial charge in [0, 0.05) is 5.69 Å². The van der Waals surface area contributed by atoms with Crippen LogP contribution in [0.15, 0.2) is 24.3 Å². The molecule has 0 bridgehead atoms. The molecule has 19 heavy (non-hydrogen) atoms. The van der Waals surface area contributed by atoms with Crippen molar-refractivity contribution in [1.29, 1.82) is 0 Å². The summed E-state index contributed by atoms with van der Waals surface area (Å²) in [5.74, 6) is -2.54. The summed E-state index contributed by atoms with van der Waals surface area (Å²) >= 11 is 0. The lowest BCUT2D eigenvalue weighted by atomic mass is 10.3. The molecular weight excluding hydrogens is 252 g/mol. The lowest BCUT2D eigenvalue weighted by Gasteiger charge is -2.09. The summed E-state index contributed by atoms with van der Waals surface area (Å²) in [6, 6.07) is 5.23. The normalized spacial score (nSPS) is 11.3. The SMILES string of the molecule is COc1ccc(NC(=O)C(=O)N[C@H](C)C(=O)O)cc1. The molecule has 0 aromatic heterocycles. The van der Waals surface area contributed by atoms with Crippen molar-refractivity contribution >= 4 is 23.5 Å². The summed E-state index contributed by atoms with van der Waals surface area (Å²) in [6.45, 7) is 1.26. The average Bonchev–Trinajstić information content (AvgIpc) is 2.39. The molecule has 1 aromatic rings. The van der Waals surface area contributed by atoms with Gasteiger partial charge in [-0.15, -0.1) is 0 Å². The number of methoxy groups -OCH3 is 1. The van der Waals surface area contributed by atoms with Crippen LogP contribution < -0.4 is 15.4 Å². The lowest BCUT2D eigenvalue weighted by molar-refractivity contribution is -0.143. The minimum atomic E-state index is -1.22. The second kappa shape index (κ2) is 6.39. The Labute approximate surface area is 109 Å². The van der Waals surface area contributed by atoms with Crippen molar-refractivity contribution in [1.82, 2.24) is 5.32 Å². The van der Waals surface area contributed by atoms with Crippen LogP contribution in [0.3, 0.4) is 0 Å². The molecule has 7 nitrogen and oxygen atoms in total. The van der Waals surface area contributed by atoms with Crippen LogP contribution in [0.4, 0.5) is 5.69 Å². The predicted octanol–water partition coefficient (Wildman–Crippen LogP) is 0.223. The van der Waals surface area contributed by atoms with E-state index in [2.05, 4.69) is 5.32 Å². The number of carbonyl (C=O) groups excluding carboxylic acids is 2. The zero-order valence-corrected chi connectivity index (χ0v) is 10.5. The molecule has 0 aliphatic rings. The molecule has 0 unspecified atom stereocenters. The summed E-state index contributed by atoms with van der Waals surface area (Å²) in [4.78, 5) is 33.4. The highest BCUT2D eigenvalue weighted by molar-refractivity contribution is 6.39. The van der Waals surface area contributed by atoms with E-state index in [4.69, 9.17) is 9.84 Å². The van der Waals surface area contributed by atoms with Crippen LogP contribution in [0.5, 0.6) is 5.75 Å². The third kappa shape index (κ3) is 4.30. The van der Waals surface area contributed by atoms with E-state index in [1.165, 1.54) is 14.0 Å². The summed E-state index contributed by atoms with van der Waals surface area (Å²) in [5.41, 5.74) is 0.406. The number of anilines is 1. The molecule has 102 valence electrons. The van der Waals surface area contributed by atoms with Crippen molar-refractivity contribution in [3.63, 3.8) is 0 Å². The quantitative estimate of drug-likeness (QED) is 0.676. The molecular formula is C12H14N2O5. The van der Waals surface area contributed by atoms with E-state index < -0.39 is 23.8 Å². The van der Waals surface area contributed by atoms with Crippen LogP contribution in [0.25, 0.3) is 0 Å². The zero-order valence-electron chi connectivity index (χ0n) is 10.5. The van der Waals surface area contributed by atoms with Crippen molar-refractivity contribution in [3.05, 3.63) is 24.3 Å². The first-order valence-corrected chi connectivity index (χ1v) is 5.42. The first-order valence-electron chi connectivity index (χ1n) is 5.42. The number of nitrogens with one attached hydrogen (secondary N) is 2. The van der Waals surface area contributed by atoms with Gasteiger partial charge < -0.3 is 20.5 Å². The Morgan fingerprint density at radius 3 is 2.21 bits per heavy atom. The summed E-state index contributed by atoms with van der Waals surface area (Å²) in [6.07, 6.45) is 0. The summed E-state index contributed by atoms with van der Waals surface area (Å²) in [7, 11) is 1.51. The molecule has 0 fully saturated rings. The lowest BCUT2D eigenvalue weighted by Crippen LogP contribution is -2.44. The molecule has 0 heterocycles. The minimum Gasteiger partial charge on any atom is -0.497 e. The van der Waals surface area contributed by atoms with Crippen molar-refractivity contribution in [2.24, 2.45) is 0 Å². The Bertz CT molecular complexity index is 483. The molecule has 0 aliphatic heterocycles. The molecule has 0 radical (unpaired) electrons. The van der Waals surface area contributed by atoms with Crippen molar-refractivity contribution < 1.29 is 24.2 Å². The molecule has 1 aromatic carbocycles. The van der Waals surface area contributed by atoms with E-state index in [-0.39, 0.29) is 0 Å². The second-order valence-corrected chi connectivity index (χ2v) is 3.72. The molecule has 1 atom stereocenters. The van der Waals surface area contributed by atoms with Gasteiger partial charge in [0.15, 0.2) is 0 Å². The maximum atomic E-state index is 11.5. The third-order valence-electron chi connectivity index (χ3n) is 2.27.